The molecule has 5 heteroatoms. The Hall–Kier alpha value is -2.53. The van der Waals surface area contributed by atoms with Gasteiger partial charge in [-0.3, -0.25) is 9.69 Å². The Morgan fingerprint density at radius 1 is 1.07 bits per heavy atom. The average molecular weight is 393 g/mol. The van der Waals surface area contributed by atoms with Gasteiger partial charge in [-0.25, -0.2) is 4.99 Å². The lowest BCUT2D eigenvalue weighted by Crippen LogP contribution is -2.44. The summed E-state index contributed by atoms with van der Waals surface area (Å²) in [6.07, 6.45) is 6.27. The van der Waals surface area contributed by atoms with Gasteiger partial charge in [0, 0.05) is 11.6 Å². The molecule has 4 nitrogen and oxygen atoms in total. The second-order valence-corrected chi connectivity index (χ2v) is 8.41. The molecule has 4 rings (SSSR count). The summed E-state index contributed by atoms with van der Waals surface area (Å²) >= 11 is 1.40. The number of para-hydroxylation sites is 2. The van der Waals surface area contributed by atoms with E-state index in [4.69, 9.17) is 4.99 Å². The topological polar surface area (TPSA) is 52.9 Å². The van der Waals surface area contributed by atoms with Crippen LogP contribution in [0.1, 0.15) is 38.2 Å². The second kappa shape index (κ2) is 8.23. The van der Waals surface area contributed by atoms with E-state index in [1.807, 2.05) is 47.4 Å². The maximum atomic E-state index is 13.3. The van der Waals surface area contributed by atoms with Crippen LogP contribution in [0.2, 0.25) is 0 Å². The summed E-state index contributed by atoms with van der Waals surface area (Å²) in [7, 11) is 0. The minimum atomic E-state index is -0.0123. The molecular weight excluding hydrogens is 368 g/mol. The normalized spacial score (nSPS) is 25.6. The van der Waals surface area contributed by atoms with Crippen molar-refractivity contribution in [1.29, 1.82) is 0 Å². The van der Waals surface area contributed by atoms with Crippen LogP contribution in [0.5, 0.6) is 5.75 Å². The molecule has 2 atom stereocenters. The zero-order chi connectivity index (χ0) is 19.5. The molecule has 1 aliphatic heterocycles. The molecule has 1 N–H and O–H groups in total. The largest absolute Gasteiger partial charge is 0.507 e. The van der Waals surface area contributed by atoms with E-state index in [2.05, 4.69) is 6.92 Å². The van der Waals surface area contributed by atoms with Gasteiger partial charge in [0.15, 0.2) is 5.17 Å². The third-order valence-electron chi connectivity index (χ3n) is 5.44. The molecule has 0 radical (unpaired) electrons. The molecule has 0 bridgehead atoms. The predicted molar refractivity (Wildman–Crippen MR) is 115 cm³/mol. The van der Waals surface area contributed by atoms with Crippen molar-refractivity contribution in [3.63, 3.8) is 0 Å². The van der Waals surface area contributed by atoms with Crippen molar-refractivity contribution < 1.29 is 9.90 Å². The summed E-state index contributed by atoms with van der Waals surface area (Å²) in [6.45, 7) is 2.23. The van der Waals surface area contributed by atoms with Crippen molar-refractivity contribution in [1.82, 2.24) is 4.90 Å². The number of carbonyl (C=O) groups excluding carboxylic acids is 1. The number of amidine groups is 1. The van der Waals surface area contributed by atoms with Gasteiger partial charge in [-0.15, -0.1) is 0 Å². The Balaban J connectivity index is 1.73. The number of thioether (sulfide) groups is 1. The van der Waals surface area contributed by atoms with E-state index < -0.39 is 0 Å². The van der Waals surface area contributed by atoms with Gasteiger partial charge < -0.3 is 5.11 Å². The smallest absolute Gasteiger partial charge is 0.267 e. The number of hydrogen-bond acceptors (Lipinski definition) is 4. The number of nitrogens with zero attached hydrogens (tertiary/aromatic N) is 2. The fourth-order valence-electron chi connectivity index (χ4n) is 3.90. The van der Waals surface area contributed by atoms with Crippen LogP contribution in [-0.4, -0.2) is 27.1 Å². The van der Waals surface area contributed by atoms with Crippen molar-refractivity contribution >= 4 is 34.6 Å². The van der Waals surface area contributed by atoms with E-state index in [0.717, 1.165) is 30.1 Å². The first-order valence-corrected chi connectivity index (χ1v) is 10.6. The van der Waals surface area contributed by atoms with E-state index in [9.17, 15) is 9.90 Å². The molecule has 1 aliphatic carbocycles. The summed E-state index contributed by atoms with van der Waals surface area (Å²) in [5.74, 6) is 0.611. The Morgan fingerprint density at radius 2 is 1.79 bits per heavy atom. The van der Waals surface area contributed by atoms with Crippen LogP contribution in [0.15, 0.2) is 64.5 Å². The molecule has 2 fully saturated rings. The van der Waals surface area contributed by atoms with Gasteiger partial charge in [-0.1, -0.05) is 56.2 Å². The predicted octanol–water partition coefficient (Wildman–Crippen LogP) is 5.57. The summed E-state index contributed by atoms with van der Waals surface area (Å²) in [5, 5.41) is 10.8. The lowest BCUT2D eigenvalue weighted by molar-refractivity contribution is -0.124. The molecule has 2 aliphatic rings. The number of benzene rings is 2. The zero-order valence-electron chi connectivity index (χ0n) is 15.9. The van der Waals surface area contributed by atoms with Crippen LogP contribution in [-0.2, 0) is 4.79 Å². The number of aromatic hydroxyl groups is 1. The highest BCUT2D eigenvalue weighted by atomic mass is 32.2. The maximum Gasteiger partial charge on any atom is 0.267 e. The Kier molecular flexibility index (Phi) is 5.53. The van der Waals surface area contributed by atoms with Crippen LogP contribution < -0.4 is 0 Å². The molecule has 1 saturated heterocycles. The van der Waals surface area contributed by atoms with Gasteiger partial charge in [-0.05, 0) is 54.8 Å². The molecule has 0 unspecified atom stereocenters. The molecule has 1 heterocycles. The SMILES string of the molecule is C[C@H]1CCCC[C@@H]1N1C(=O)/C(=C/c2ccccc2O)SC1=Nc1ccccc1. The van der Waals surface area contributed by atoms with Gasteiger partial charge >= 0.3 is 0 Å². The number of hydrogen-bond donors (Lipinski definition) is 1. The summed E-state index contributed by atoms with van der Waals surface area (Å²) < 4.78 is 0. The van der Waals surface area contributed by atoms with Gasteiger partial charge in [-0.2, -0.15) is 0 Å². The van der Waals surface area contributed by atoms with Gasteiger partial charge in [0.1, 0.15) is 5.75 Å². The third kappa shape index (κ3) is 3.85. The quantitative estimate of drug-likeness (QED) is 0.694. The number of carbonyl (C=O) groups is 1. The standard InChI is InChI=1S/C23H24N2O2S/c1-16-9-5-7-13-19(16)25-22(27)21(15-17-10-6-8-14-20(17)26)28-23(25)24-18-11-3-2-4-12-18/h2-4,6,8,10-12,14-16,19,26H,5,7,9,13H2,1H3/b21-15-,24-23?/t16-,19-/m0/s1. The summed E-state index contributed by atoms with van der Waals surface area (Å²) in [6, 6.07) is 17.0. The second-order valence-electron chi connectivity index (χ2n) is 7.40. The van der Waals surface area contributed by atoms with Crippen molar-refractivity contribution in [3.8, 4) is 5.75 Å². The van der Waals surface area contributed by atoms with Crippen LogP contribution in [0, 0.1) is 5.92 Å². The highest BCUT2D eigenvalue weighted by molar-refractivity contribution is 8.18. The Bertz CT molecular complexity index is 923. The van der Waals surface area contributed by atoms with Gasteiger partial charge in [0.25, 0.3) is 5.91 Å². The van der Waals surface area contributed by atoms with E-state index in [-0.39, 0.29) is 17.7 Å². The lowest BCUT2D eigenvalue weighted by Gasteiger charge is -2.35. The molecule has 28 heavy (non-hydrogen) atoms. The van der Waals surface area contributed by atoms with E-state index in [0.29, 0.717) is 16.4 Å². The average Bonchev–Trinajstić information content (AvgIpc) is 3.00. The minimum Gasteiger partial charge on any atom is -0.507 e. The van der Waals surface area contributed by atoms with E-state index in [1.165, 1.54) is 18.2 Å². The first-order chi connectivity index (χ1) is 13.6. The first kappa shape index (κ1) is 18.8. The van der Waals surface area contributed by atoms with E-state index in [1.54, 1.807) is 18.2 Å². The molecule has 1 amide bonds. The van der Waals surface area contributed by atoms with Crippen molar-refractivity contribution in [2.75, 3.05) is 0 Å². The molecule has 2 aromatic rings. The van der Waals surface area contributed by atoms with Crippen LogP contribution in [0.4, 0.5) is 5.69 Å². The van der Waals surface area contributed by atoms with Crippen LogP contribution in [0.3, 0.4) is 0 Å². The fraction of sp³-hybridized carbons (Fsp3) is 0.304. The highest BCUT2D eigenvalue weighted by Gasteiger charge is 2.41. The molecule has 0 spiro atoms. The van der Waals surface area contributed by atoms with Crippen molar-refractivity contribution in [2.45, 2.75) is 38.6 Å². The Labute approximate surface area is 170 Å². The minimum absolute atomic E-state index is 0.0123. The molecule has 2 aromatic carbocycles. The van der Waals surface area contributed by atoms with E-state index >= 15 is 0 Å². The monoisotopic (exact) mass is 392 g/mol. The van der Waals surface area contributed by atoms with Crippen LogP contribution in [0.25, 0.3) is 6.08 Å². The molecule has 0 aromatic heterocycles. The molecule has 144 valence electrons. The van der Waals surface area contributed by atoms with Crippen molar-refractivity contribution in [2.24, 2.45) is 10.9 Å². The lowest BCUT2D eigenvalue weighted by atomic mass is 9.85. The molecule has 1 saturated carbocycles. The zero-order valence-corrected chi connectivity index (χ0v) is 16.7. The summed E-state index contributed by atoms with van der Waals surface area (Å²) in [5.41, 5.74) is 1.49. The number of phenols is 1. The summed E-state index contributed by atoms with van der Waals surface area (Å²) in [4.78, 5) is 20.6. The maximum absolute atomic E-state index is 13.3. The van der Waals surface area contributed by atoms with Gasteiger partial charge in [0.2, 0.25) is 0 Å². The third-order valence-corrected chi connectivity index (χ3v) is 6.42. The molecular formula is C23H24N2O2S. The Morgan fingerprint density at radius 3 is 2.54 bits per heavy atom. The van der Waals surface area contributed by atoms with Crippen molar-refractivity contribution in [3.05, 3.63) is 65.1 Å². The fourth-order valence-corrected chi connectivity index (χ4v) is 4.94. The van der Waals surface area contributed by atoms with Gasteiger partial charge in [0.05, 0.1) is 10.6 Å². The number of phenolic OH excluding ortho intramolecular Hbond substituents is 1. The number of rotatable bonds is 3. The first-order valence-electron chi connectivity index (χ1n) is 9.78. The number of aliphatic imine (C=N–C) groups is 1. The number of amides is 1. The van der Waals surface area contributed by atoms with Crippen LogP contribution >= 0.6 is 11.8 Å². The highest BCUT2D eigenvalue weighted by Crippen LogP contribution is 2.40.